The number of carboxylic acid groups (broad SMARTS) is 1. The van der Waals surface area contributed by atoms with Crippen molar-refractivity contribution in [3.05, 3.63) is 0 Å². The molecule has 0 aromatic heterocycles. The van der Waals surface area contributed by atoms with Gasteiger partial charge in [-0.15, -0.1) is 0 Å². The molecule has 0 bridgehead atoms. The maximum absolute atomic E-state index is 10.8. The molecule has 0 saturated carbocycles. The van der Waals surface area contributed by atoms with E-state index in [4.69, 9.17) is 10.8 Å². The van der Waals surface area contributed by atoms with E-state index in [1.165, 1.54) is 0 Å². The van der Waals surface area contributed by atoms with Crippen molar-refractivity contribution in [1.29, 1.82) is 0 Å². The zero-order valence-electron chi connectivity index (χ0n) is 9.35. The summed E-state index contributed by atoms with van der Waals surface area (Å²) < 4.78 is 0. The van der Waals surface area contributed by atoms with Crippen LogP contribution in [0.1, 0.15) is 13.3 Å². The van der Waals surface area contributed by atoms with Crippen LogP contribution in [0.5, 0.6) is 0 Å². The van der Waals surface area contributed by atoms with E-state index in [0.29, 0.717) is 0 Å². The summed E-state index contributed by atoms with van der Waals surface area (Å²) in [6.45, 7) is 7.11. The Morgan fingerprint density at radius 3 is 2.47 bits per heavy atom. The zero-order chi connectivity index (χ0) is 11.3. The fourth-order valence-electron chi connectivity index (χ4n) is 1.85. The number of piperazine rings is 1. The van der Waals surface area contributed by atoms with Crippen LogP contribution in [0, 0.1) is 0 Å². The van der Waals surface area contributed by atoms with Gasteiger partial charge in [0.1, 0.15) is 6.04 Å². The van der Waals surface area contributed by atoms with Crippen molar-refractivity contribution in [1.82, 2.24) is 9.80 Å². The number of hydrogen-bond acceptors (Lipinski definition) is 4. The Labute approximate surface area is 90.8 Å². The second-order valence-electron chi connectivity index (χ2n) is 4.03. The first-order valence-corrected chi connectivity index (χ1v) is 5.54. The number of carboxylic acids is 1. The molecule has 1 saturated heterocycles. The van der Waals surface area contributed by atoms with Crippen LogP contribution in [0.4, 0.5) is 0 Å². The highest BCUT2D eigenvalue weighted by molar-refractivity contribution is 5.72. The van der Waals surface area contributed by atoms with E-state index in [1.54, 1.807) is 6.92 Å². The van der Waals surface area contributed by atoms with Gasteiger partial charge in [0.25, 0.3) is 0 Å². The lowest BCUT2D eigenvalue weighted by atomic mass is 10.2. The molecule has 0 spiro atoms. The zero-order valence-corrected chi connectivity index (χ0v) is 9.35. The van der Waals surface area contributed by atoms with Gasteiger partial charge in [0.05, 0.1) is 0 Å². The van der Waals surface area contributed by atoms with E-state index >= 15 is 0 Å². The van der Waals surface area contributed by atoms with Crippen LogP contribution >= 0.6 is 0 Å². The molecule has 0 aromatic rings. The minimum atomic E-state index is -0.731. The summed E-state index contributed by atoms with van der Waals surface area (Å²) >= 11 is 0. The number of rotatable bonds is 5. The number of nitrogens with two attached hydrogens (primary N) is 1. The van der Waals surface area contributed by atoms with Crippen molar-refractivity contribution in [3.8, 4) is 0 Å². The number of nitrogens with zero attached hydrogens (tertiary/aromatic N) is 2. The molecule has 1 heterocycles. The van der Waals surface area contributed by atoms with Gasteiger partial charge in [-0.05, 0) is 26.4 Å². The predicted octanol–water partition coefficient (Wildman–Crippen LogP) is -0.574. The third-order valence-electron chi connectivity index (χ3n) is 2.99. The third kappa shape index (κ3) is 3.77. The minimum Gasteiger partial charge on any atom is -0.480 e. The molecule has 0 radical (unpaired) electrons. The molecule has 1 atom stereocenters. The second kappa shape index (κ2) is 6.05. The molecule has 15 heavy (non-hydrogen) atoms. The van der Waals surface area contributed by atoms with Crippen molar-refractivity contribution in [2.75, 3.05) is 39.3 Å². The fraction of sp³-hybridized carbons (Fsp3) is 0.900. The Kier molecular flexibility index (Phi) is 5.01. The van der Waals surface area contributed by atoms with E-state index in [9.17, 15) is 4.79 Å². The van der Waals surface area contributed by atoms with Gasteiger partial charge >= 0.3 is 5.97 Å². The molecular weight excluding hydrogens is 194 g/mol. The Balaban J connectivity index is 2.26. The lowest BCUT2D eigenvalue weighted by Gasteiger charge is -2.36. The van der Waals surface area contributed by atoms with Gasteiger partial charge in [-0.1, -0.05) is 0 Å². The average molecular weight is 215 g/mol. The molecule has 1 aliphatic rings. The van der Waals surface area contributed by atoms with Gasteiger partial charge in [0.2, 0.25) is 0 Å². The quantitative estimate of drug-likeness (QED) is 0.642. The van der Waals surface area contributed by atoms with Crippen molar-refractivity contribution in [2.45, 2.75) is 19.4 Å². The Hall–Kier alpha value is -0.650. The van der Waals surface area contributed by atoms with Gasteiger partial charge in [0.15, 0.2) is 0 Å². The topological polar surface area (TPSA) is 69.8 Å². The van der Waals surface area contributed by atoms with Crippen molar-refractivity contribution < 1.29 is 9.90 Å². The number of carbonyl (C=O) groups is 1. The summed E-state index contributed by atoms with van der Waals surface area (Å²) in [5, 5.41) is 8.87. The lowest BCUT2D eigenvalue weighted by molar-refractivity contribution is -0.143. The van der Waals surface area contributed by atoms with E-state index < -0.39 is 5.97 Å². The molecule has 1 unspecified atom stereocenters. The highest BCUT2D eigenvalue weighted by Gasteiger charge is 2.24. The van der Waals surface area contributed by atoms with Gasteiger partial charge in [-0.25, -0.2) is 0 Å². The van der Waals surface area contributed by atoms with Crippen LogP contribution in [0.15, 0.2) is 0 Å². The fourth-order valence-corrected chi connectivity index (χ4v) is 1.85. The summed E-state index contributed by atoms with van der Waals surface area (Å²) in [6, 6.07) is -0.360. The molecule has 0 aliphatic carbocycles. The molecule has 0 aromatic carbocycles. The number of hydrogen-bond donors (Lipinski definition) is 2. The van der Waals surface area contributed by atoms with Gasteiger partial charge in [-0.2, -0.15) is 0 Å². The summed E-state index contributed by atoms with van der Waals surface area (Å²) in [5.41, 5.74) is 5.45. The van der Waals surface area contributed by atoms with Gasteiger partial charge in [-0.3, -0.25) is 9.69 Å². The molecule has 1 aliphatic heterocycles. The molecule has 0 amide bonds. The molecule has 5 nitrogen and oxygen atoms in total. The van der Waals surface area contributed by atoms with Crippen LogP contribution in [-0.4, -0.2) is 66.2 Å². The van der Waals surface area contributed by atoms with Crippen molar-refractivity contribution in [2.24, 2.45) is 5.73 Å². The largest absolute Gasteiger partial charge is 0.480 e. The lowest BCUT2D eigenvalue weighted by Crippen LogP contribution is -2.51. The van der Waals surface area contributed by atoms with E-state index in [-0.39, 0.29) is 6.04 Å². The molecular formula is C10H21N3O2. The van der Waals surface area contributed by atoms with Crippen LogP contribution in [-0.2, 0) is 4.79 Å². The normalized spacial score (nSPS) is 21.5. The maximum Gasteiger partial charge on any atom is 0.320 e. The highest BCUT2D eigenvalue weighted by Crippen LogP contribution is 2.06. The standard InChI is InChI=1S/C10H21N3O2/c1-9(10(14)15)13-7-5-12(6-8-13)4-2-3-11/h9H,2-8,11H2,1H3,(H,14,15). The molecule has 5 heteroatoms. The van der Waals surface area contributed by atoms with Gasteiger partial charge < -0.3 is 15.7 Å². The smallest absolute Gasteiger partial charge is 0.320 e. The summed E-state index contributed by atoms with van der Waals surface area (Å²) in [5.74, 6) is -0.731. The van der Waals surface area contributed by atoms with E-state index in [1.807, 2.05) is 4.90 Å². The van der Waals surface area contributed by atoms with Gasteiger partial charge in [0, 0.05) is 26.2 Å². The van der Waals surface area contributed by atoms with Crippen molar-refractivity contribution in [3.63, 3.8) is 0 Å². The number of aliphatic carboxylic acids is 1. The Morgan fingerprint density at radius 1 is 1.40 bits per heavy atom. The predicted molar refractivity (Wildman–Crippen MR) is 58.8 cm³/mol. The van der Waals surface area contributed by atoms with Crippen LogP contribution in [0.25, 0.3) is 0 Å². The first-order valence-electron chi connectivity index (χ1n) is 5.54. The maximum atomic E-state index is 10.8. The molecule has 1 rings (SSSR count). The van der Waals surface area contributed by atoms with Crippen LogP contribution in [0.2, 0.25) is 0 Å². The highest BCUT2D eigenvalue weighted by atomic mass is 16.4. The SMILES string of the molecule is CC(C(=O)O)N1CCN(CCCN)CC1. The van der Waals surface area contributed by atoms with E-state index in [2.05, 4.69) is 4.90 Å². The molecule has 88 valence electrons. The Bertz CT molecular complexity index is 203. The first kappa shape index (κ1) is 12.4. The molecule has 1 fully saturated rings. The summed E-state index contributed by atoms with van der Waals surface area (Å²) in [7, 11) is 0. The minimum absolute atomic E-state index is 0.360. The Morgan fingerprint density at radius 2 is 2.00 bits per heavy atom. The summed E-state index contributed by atoms with van der Waals surface area (Å²) in [4.78, 5) is 15.1. The van der Waals surface area contributed by atoms with Crippen LogP contribution in [0.3, 0.4) is 0 Å². The third-order valence-corrected chi connectivity index (χ3v) is 2.99. The van der Waals surface area contributed by atoms with Crippen molar-refractivity contribution >= 4 is 5.97 Å². The summed E-state index contributed by atoms with van der Waals surface area (Å²) in [6.07, 6.45) is 1.02. The second-order valence-corrected chi connectivity index (χ2v) is 4.03. The molecule has 3 N–H and O–H groups in total. The first-order chi connectivity index (χ1) is 7.15. The van der Waals surface area contributed by atoms with Crippen LogP contribution < -0.4 is 5.73 Å². The average Bonchev–Trinajstić information content (AvgIpc) is 2.26. The monoisotopic (exact) mass is 215 g/mol. The van der Waals surface area contributed by atoms with E-state index in [0.717, 1.165) is 45.7 Å².